The Bertz CT molecular complexity index is 322. The SMILES string of the molecule is CC(C)CNCCCOc1cc(Cl)cc(Cl)c1. The third-order valence-electron chi connectivity index (χ3n) is 2.16. The molecule has 0 aromatic heterocycles. The summed E-state index contributed by atoms with van der Waals surface area (Å²) in [6.45, 7) is 7.06. The lowest BCUT2D eigenvalue weighted by atomic mass is 10.2. The molecule has 0 radical (unpaired) electrons. The Morgan fingerprint density at radius 2 is 1.82 bits per heavy atom. The summed E-state index contributed by atoms with van der Waals surface area (Å²) < 4.78 is 5.57. The van der Waals surface area contributed by atoms with Crippen molar-refractivity contribution in [2.45, 2.75) is 20.3 Å². The topological polar surface area (TPSA) is 21.3 Å². The first kappa shape index (κ1) is 14.6. The zero-order valence-electron chi connectivity index (χ0n) is 10.3. The number of hydrogen-bond donors (Lipinski definition) is 1. The lowest BCUT2D eigenvalue weighted by molar-refractivity contribution is 0.307. The Kier molecular flexibility index (Phi) is 6.71. The predicted octanol–water partition coefficient (Wildman–Crippen LogP) is 4.01. The van der Waals surface area contributed by atoms with Crippen molar-refractivity contribution >= 4 is 23.2 Å². The molecular formula is C13H19Cl2NO. The molecule has 96 valence electrons. The summed E-state index contributed by atoms with van der Waals surface area (Å²) in [5.41, 5.74) is 0. The van der Waals surface area contributed by atoms with Gasteiger partial charge in [-0.15, -0.1) is 0 Å². The smallest absolute Gasteiger partial charge is 0.122 e. The molecule has 1 aromatic rings. The van der Waals surface area contributed by atoms with Crippen LogP contribution in [0.1, 0.15) is 20.3 Å². The van der Waals surface area contributed by atoms with Crippen molar-refractivity contribution in [3.8, 4) is 5.75 Å². The first-order valence-electron chi connectivity index (χ1n) is 5.87. The predicted molar refractivity (Wildman–Crippen MR) is 74.3 cm³/mol. The van der Waals surface area contributed by atoms with Gasteiger partial charge in [-0.25, -0.2) is 0 Å². The van der Waals surface area contributed by atoms with Crippen LogP contribution in [0.15, 0.2) is 18.2 Å². The molecule has 0 heterocycles. The highest BCUT2D eigenvalue weighted by Crippen LogP contribution is 2.24. The first-order chi connectivity index (χ1) is 8.08. The fourth-order valence-electron chi connectivity index (χ4n) is 1.39. The third-order valence-corrected chi connectivity index (χ3v) is 2.59. The number of nitrogens with one attached hydrogen (secondary N) is 1. The Balaban J connectivity index is 2.18. The molecule has 17 heavy (non-hydrogen) atoms. The quantitative estimate of drug-likeness (QED) is 0.760. The van der Waals surface area contributed by atoms with E-state index in [2.05, 4.69) is 19.2 Å². The zero-order valence-corrected chi connectivity index (χ0v) is 11.8. The molecule has 0 atom stereocenters. The van der Waals surface area contributed by atoms with Crippen molar-refractivity contribution in [1.29, 1.82) is 0 Å². The van der Waals surface area contributed by atoms with Crippen LogP contribution < -0.4 is 10.1 Å². The molecule has 0 aliphatic rings. The second kappa shape index (κ2) is 7.80. The minimum Gasteiger partial charge on any atom is -0.493 e. The van der Waals surface area contributed by atoms with Crippen molar-refractivity contribution in [3.05, 3.63) is 28.2 Å². The molecule has 0 unspecified atom stereocenters. The summed E-state index contributed by atoms with van der Waals surface area (Å²) in [6, 6.07) is 5.24. The monoisotopic (exact) mass is 275 g/mol. The summed E-state index contributed by atoms with van der Waals surface area (Å²) in [7, 11) is 0. The third kappa shape index (κ3) is 6.77. The van der Waals surface area contributed by atoms with Crippen molar-refractivity contribution < 1.29 is 4.74 Å². The molecule has 0 bridgehead atoms. The molecule has 0 saturated heterocycles. The van der Waals surface area contributed by atoms with Crippen LogP contribution in [0.25, 0.3) is 0 Å². The van der Waals surface area contributed by atoms with Crippen molar-refractivity contribution in [2.24, 2.45) is 5.92 Å². The van der Waals surface area contributed by atoms with Crippen LogP contribution in [-0.4, -0.2) is 19.7 Å². The minimum absolute atomic E-state index is 0.602. The second-order valence-electron chi connectivity index (χ2n) is 4.41. The number of benzene rings is 1. The molecule has 1 aromatic carbocycles. The molecular weight excluding hydrogens is 257 g/mol. The lowest BCUT2D eigenvalue weighted by Crippen LogP contribution is -2.22. The minimum atomic E-state index is 0.602. The van der Waals surface area contributed by atoms with Crippen LogP contribution in [-0.2, 0) is 0 Å². The molecule has 0 saturated carbocycles. The summed E-state index contributed by atoms with van der Waals surface area (Å²) in [5, 5.41) is 4.57. The van der Waals surface area contributed by atoms with Crippen LogP contribution in [0.3, 0.4) is 0 Å². The van der Waals surface area contributed by atoms with E-state index in [-0.39, 0.29) is 0 Å². The van der Waals surface area contributed by atoms with Crippen LogP contribution in [0.5, 0.6) is 5.75 Å². The van der Waals surface area contributed by atoms with Gasteiger partial charge in [0.25, 0.3) is 0 Å². The van der Waals surface area contributed by atoms with E-state index >= 15 is 0 Å². The van der Waals surface area contributed by atoms with Crippen LogP contribution in [0, 0.1) is 5.92 Å². The van der Waals surface area contributed by atoms with Gasteiger partial charge in [0.2, 0.25) is 0 Å². The fourth-order valence-corrected chi connectivity index (χ4v) is 1.90. The second-order valence-corrected chi connectivity index (χ2v) is 5.28. The summed E-state index contributed by atoms with van der Waals surface area (Å²) >= 11 is 11.7. The summed E-state index contributed by atoms with van der Waals surface area (Å²) in [4.78, 5) is 0. The van der Waals surface area contributed by atoms with E-state index in [0.717, 1.165) is 25.3 Å². The molecule has 1 rings (SSSR count). The van der Waals surface area contributed by atoms with E-state index in [9.17, 15) is 0 Å². The van der Waals surface area contributed by atoms with Gasteiger partial charge >= 0.3 is 0 Å². The van der Waals surface area contributed by atoms with Gasteiger partial charge in [-0.3, -0.25) is 0 Å². The van der Waals surface area contributed by atoms with Gasteiger partial charge in [-0.05, 0) is 43.6 Å². The molecule has 4 heteroatoms. The maximum absolute atomic E-state index is 5.87. The van der Waals surface area contributed by atoms with Crippen LogP contribution in [0.4, 0.5) is 0 Å². The maximum atomic E-state index is 5.87. The van der Waals surface area contributed by atoms with Crippen molar-refractivity contribution in [1.82, 2.24) is 5.32 Å². The molecule has 2 nitrogen and oxygen atoms in total. The highest BCUT2D eigenvalue weighted by atomic mass is 35.5. The Morgan fingerprint density at radius 1 is 1.18 bits per heavy atom. The van der Waals surface area contributed by atoms with Crippen molar-refractivity contribution in [2.75, 3.05) is 19.7 Å². The van der Waals surface area contributed by atoms with E-state index in [0.29, 0.717) is 22.6 Å². The fraction of sp³-hybridized carbons (Fsp3) is 0.538. The Labute approximate surface area is 113 Å². The van der Waals surface area contributed by atoms with Crippen LogP contribution in [0.2, 0.25) is 10.0 Å². The van der Waals surface area contributed by atoms with Gasteiger partial charge in [-0.2, -0.15) is 0 Å². The lowest BCUT2D eigenvalue weighted by Gasteiger charge is -2.09. The van der Waals surface area contributed by atoms with E-state index in [1.807, 2.05) is 0 Å². The van der Waals surface area contributed by atoms with E-state index < -0.39 is 0 Å². The van der Waals surface area contributed by atoms with Crippen LogP contribution >= 0.6 is 23.2 Å². The standard InChI is InChI=1S/C13H19Cl2NO/c1-10(2)9-16-4-3-5-17-13-7-11(14)6-12(15)8-13/h6-8,10,16H,3-5,9H2,1-2H3. The van der Waals surface area contributed by atoms with Gasteiger partial charge in [0, 0.05) is 10.0 Å². The normalized spacial score (nSPS) is 10.9. The first-order valence-corrected chi connectivity index (χ1v) is 6.63. The average Bonchev–Trinajstić information content (AvgIpc) is 2.21. The zero-order chi connectivity index (χ0) is 12.7. The molecule has 0 aliphatic carbocycles. The summed E-state index contributed by atoms with van der Waals surface area (Å²) in [5.74, 6) is 1.41. The Hall–Kier alpha value is -0.440. The molecule has 0 spiro atoms. The Morgan fingerprint density at radius 3 is 2.41 bits per heavy atom. The highest BCUT2D eigenvalue weighted by Gasteiger charge is 1.99. The average molecular weight is 276 g/mol. The molecule has 0 amide bonds. The largest absolute Gasteiger partial charge is 0.493 e. The van der Waals surface area contributed by atoms with Gasteiger partial charge in [-0.1, -0.05) is 37.0 Å². The number of ether oxygens (including phenoxy) is 1. The number of rotatable bonds is 7. The maximum Gasteiger partial charge on any atom is 0.122 e. The molecule has 0 aliphatic heterocycles. The molecule has 0 fully saturated rings. The van der Waals surface area contributed by atoms with Gasteiger partial charge < -0.3 is 10.1 Å². The highest BCUT2D eigenvalue weighted by molar-refractivity contribution is 6.34. The van der Waals surface area contributed by atoms with Crippen molar-refractivity contribution in [3.63, 3.8) is 0 Å². The number of halogens is 2. The van der Waals surface area contributed by atoms with Gasteiger partial charge in [0.1, 0.15) is 5.75 Å². The van der Waals surface area contributed by atoms with E-state index in [1.54, 1.807) is 18.2 Å². The number of hydrogen-bond acceptors (Lipinski definition) is 2. The summed E-state index contributed by atoms with van der Waals surface area (Å²) in [6.07, 6.45) is 0.969. The van der Waals surface area contributed by atoms with Gasteiger partial charge in [0.05, 0.1) is 6.61 Å². The van der Waals surface area contributed by atoms with E-state index in [1.165, 1.54) is 0 Å². The van der Waals surface area contributed by atoms with Gasteiger partial charge in [0.15, 0.2) is 0 Å². The molecule has 1 N–H and O–H groups in total. The van der Waals surface area contributed by atoms with E-state index in [4.69, 9.17) is 27.9 Å².